The van der Waals surface area contributed by atoms with Crippen molar-refractivity contribution >= 4 is 42.3 Å². The summed E-state index contributed by atoms with van der Waals surface area (Å²) in [7, 11) is -2.78. The molecule has 1 amide bonds. The Hall–Kier alpha value is -7.09. The third kappa shape index (κ3) is 10.7. The van der Waals surface area contributed by atoms with Gasteiger partial charge < -0.3 is 0 Å². The van der Waals surface area contributed by atoms with Crippen molar-refractivity contribution in [1.29, 1.82) is 0 Å². The van der Waals surface area contributed by atoms with Gasteiger partial charge in [-0.2, -0.15) is 0 Å². The number of nitrogens with zero attached hydrogens (tertiary/aromatic N) is 7. The molecule has 0 unspecified atom stereocenters. The first-order valence-corrected chi connectivity index (χ1v) is 26.0. The third-order valence-electron chi connectivity index (χ3n) is 13.2. The molecule has 20 heteroatoms. The van der Waals surface area contributed by atoms with Crippen LogP contribution in [0.1, 0.15) is 61.9 Å². The van der Waals surface area contributed by atoms with Crippen LogP contribution in [0.2, 0.25) is 0 Å². The first-order chi connectivity index (χ1) is 35.2. The molecule has 2 aromatic heterocycles. The van der Waals surface area contributed by atoms with Crippen molar-refractivity contribution in [3.63, 3.8) is 0 Å². The van der Waals surface area contributed by atoms with Crippen LogP contribution in [-0.2, 0) is 47.8 Å². The number of benzene rings is 5. The van der Waals surface area contributed by atoms with Gasteiger partial charge in [-0.25, -0.2) is 0 Å². The number of ether oxygens (including phenoxy) is 2. The van der Waals surface area contributed by atoms with Crippen LogP contribution >= 0.6 is 7.87 Å². The Kier molecular flexibility index (Phi) is 16.3. The number of carbonyl (C=O) groups is 1. The maximum absolute atomic E-state index is 13.8. The SMILES string of the molecule is COOC[C@@H]1C[C@@H](O[PH](O)(CCc2ccc([N+](=O)[O-])cc2)N(C(C)C)C(C)C)[C@@](n2cnc3c(NC(=O)OCCc4ccc([N+](=O)[O-])cc4)ncnc32)(C(c2ccccc2)(c2ccccc2)c2ccccc2)O1. The summed E-state index contributed by atoms with van der Waals surface area (Å²) in [5.74, 6) is 0.0402. The predicted molar refractivity (Wildman–Crippen MR) is 276 cm³/mol. The number of amides is 1. The molecule has 5 aromatic carbocycles. The summed E-state index contributed by atoms with van der Waals surface area (Å²) >= 11 is 0. The molecular formula is C53H59N8O11P. The molecule has 8 rings (SSSR count). The molecule has 0 saturated carbocycles. The van der Waals surface area contributed by atoms with Crippen molar-refractivity contribution in [3.05, 3.63) is 200 Å². The van der Waals surface area contributed by atoms with E-state index in [1.54, 1.807) is 30.6 Å². The Balaban J connectivity index is 1.33. The van der Waals surface area contributed by atoms with Gasteiger partial charge in [0, 0.05) is 12.1 Å². The van der Waals surface area contributed by atoms with Gasteiger partial charge in [0.05, 0.1) is 4.92 Å². The van der Waals surface area contributed by atoms with Crippen LogP contribution in [-0.4, -0.2) is 95.8 Å². The monoisotopic (exact) mass is 1010 g/mol. The van der Waals surface area contributed by atoms with Gasteiger partial charge >= 0.3 is 374 Å². The second-order valence-corrected chi connectivity index (χ2v) is 21.0. The molecule has 1 saturated heterocycles. The van der Waals surface area contributed by atoms with Crippen LogP contribution in [0.15, 0.2) is 152 Å². The van der Waals surface area contributed by atoms with Crippen molar-refractivity contribution in [3.8, 4) is 0 Å². The summed E-state index contributed by atoms with van der Waals surface area (Å²) in [5.41, 5.74) is 1.08. The molecule has 0 radical (unpaired) electrons. The fraction of sp³-hybridized carbons (Fsp3) is 0.321. The number of nitro groups is 2. The van der Waals surface area contributed by atoms with Crippen LogP contribution in [0.3, 0.4) is 0 Å². The van der Waals surface area contributed by atoms with Crippen molar-refractivity contribution in [2.24, 2.45) is 0 Å². The fourth-order valence-electron chi connectivity index (χ4n) is 10.4. The van der Waals surface area contributed by atoms with Gasteiger partial charge in [-0.15, -0.1) is 0 Å². The number of carbonyl (C=O) groups excluding carboxylic acids is 1. The van der Waals surface area contributed by atoms with E-state index in [-0.39, 0.29) is 66.2 Å². The van der Waals surface area contributed by atoms with E-state index in [2.05, 4.69) is 10.3 Å². The number of fused-ring (bicyclic) bond motifs is 1. The second kappa shape index (κ2) is 22.8. The molecule has 73 heavy (non-hydrogen) atoms. The summed E-state index contributed by atoms with van der Waals surface area (Å²) in [6.45, 7) is 7.96. The Bertz CT molecular complexity index is 2870. The minimum atomic E-state index is -4.20. The molecule has 1 aliphatic heterocycles. The Labute approximate surface area is 422 Å². The quantitative estimate of drug-likeness (QED) is 0.0212. The van der Waals surface area contributed by atoms with Crippen molar-refractivity contribution in [2.45, 2.75) is 82.4 Å². The van der Waals surface area contributed by atoms with E-state index in [0.717, 1.165) is 27.8 Å². The Morgan fingerprint density at radius 1 is 0.808 bits per heavy atom. The fourth-order valence-corrected chi connectivity index (χ4v) is 13.8. The molecule has 1 fully saturated rings. The molecule has 3 atom stereocenters. The van der Waals surface area contributed by atoms with Crippen molar-refractivity contribution in [2.75, 3.05) is 31.8 Å². The Morgan fingerprint density at radius 2 is 1.33 bits per heavy atom. The van der Waals surface area contributed by atoms with Gasteiger partial charge in [-0.1, -0.05) is 12.1 Å². The summed E-state index contributed by atoms with van der Waals surface area (Å²) in [4.78, 5) is 74.3. The van der Waals surface area contributed by atoms with Gasteiger partial charge in [0.2, 0.25) is 0 Å². The van der Waals surface area contributed by atoms with Gasteiger partial charge in [0.15, 0.2) is 0 Å². The summed E-state index contributed by atoms with van der Waals surface area (Å²) in [6, 6.07) is 41.6. The number of aromatic nitrogens is 4. The number of anilines is 1. The van der Waals surface area contributed by atoms with E-state index in [1.165, 1.54) is 37.7 Å². The third-order valence-corrected chi connectivity index (χ3v) is 16.6. The van der Waals surface area contributed by atoms with Crippen molar-refractivity contribution in [1.82, 2.24) is 24.2 Å². The van der Waals surface area contributed by atoms with Crippen LogP contribution < -0.4 is 5.32 Å². The normalized spacial score (nSPS) is 17.3. The molecule has 1 aliphatic rings. The summed E-state index contributed by atoms with van der Waals surface area (Å²) < 4.78 is 24.9. The van der Waals surface area contributed by atoms with Gasteiger partial charge in [-0.3, -0.25) is 10.1 Å². The molecule has 382 valence electrons. The molecular weight excluding hydrogens is 956 g/mol. The summed E-state index contributed by atoms with van der Waals surface area (Å²) in [6.07, 6.45) is 1.21. The molecule has 0 spiro atoms. The first kappa shape index (κ1) is 52.2. The number of aryl methyl sites for hydroxylation is 1. The van der Waals surface area contributed by atoms with E-state index < -0.39 is 47.2 Å². The number of rotatable bonds is 22. The molecule has 0 bridgehead atoms. The minimum absolute atomic E-state index is 0.0400. The first-order valence-electron chi connectivity index (χ1n) is 24.0. The zero-order valence-electron chi connectivity index (χ0n) is 41.1. The summed E-state index contributed by atoms with van der Waals surface area (Å²) in [5, 5.41) is 25.5. The van der Waals surface area contributed by atoms with E-state index in [4.69, 9.17) is 33.7 Å². The topological polar surface area (TPSA) is 229 Å². The van der Waals surface area contributed by atoms with Gasteiger partial charge in [0.25, 0.3) is 5.69 Å². The standard InChI is InChI=1S/C53H59N8O11P/c1-37(2)59(38(3)4)73(67,32-30-40-23-27-45(28-24-40)61(65)66)72-47-33-46(34-70-68-5)71-53(47,52(41-15-9-6-10-16-41,42-17-11-7-12-18-42)43-19-13-8-14-20-43)58-36-56-48-49(54-35-55-50(48)58)57-51(62)69-31-29-39-21-25-44(26-22-39)60(63)64/h6-28,35-38,46-47,67,73H,29-34H2,1-5H3,(H,54,55,57,62)/t46-,47+,53-/m0/s1. The predicted octanol–water partition coefficient (Wildman–Crippen LogP) is 9.72. The number of imidazole rings is 1. The zero-order chi connectivity index (χ0) is 51.8. The van der Waals surface area contributed by atoms with Crippen LogP contribution in [0.25, 0.3) is 11.2 Å². The Morgan fingerprint density at radius 3 is 1.82 bits per heavy atom. The molecule has 3 heterocycles. The van der Waals surface area contributed by atoms with Crippen molar-refractivity contribution < 1.29 is 43.3 Å². The number of hydrogen-bond donors (Lipinski definition) is 2. The van der Waals surface area contributed by atoms with E-state index in [0.29, 0.717) is 12.8 Å². The average Bonchev–Trinajstić information content (AvgIpc) is 3.99. The van der Waals surface area contributed by atoms with Gasteiger partial charge in [-0.05, 0) is 5.56 Å². The molecule has 0 aliphatic carbocycles. The molecule has 2 N–H and O–H groups in total. The van der Waals surface area contributed by atoms with Crippen LogP contribution in [0.4, 0.5) is 22.0 Å². The van der Waals surface area contributed by atoms with Gasteiger partial charge in [0.1, 0.15) is 0 Å². The van der Waals surface area contributed by atoms with E-state index in [9.17, 15) is 29.9 Å². The number of hydrogen-bond acceptors (Lipinski definition) is 15. The van der Waals surface area contributed by atoms with E-state index in [1.807, 2.05) is 128 Å². The number of non-ortho nitro benzene ring substituents is 2. The maximum atomic E-state index is 13.8. The molecule has 7 aromatic rings. The van der Waals surface area contributed by atoms with Crippen LogP contribution in [0.5, 0.6) is 0 Å². The van der Waals surface area contributed by atoms with Crippen LogP contribution in [0, 0.1) is 20.2 Å². The molecule has 19 nitrogen and oxygen atoms in total. The second-order valence-electron chi connectivity index (χ2n) is 18.3. The number of nitro benzene ring substituents is 2. The van der Waals surface area contributed by atoms with E-state index >= 15 is 0 Å². The zero-order valence-corrected chi connectivity index (χ0v) is 42.1. The average molecular weight is 1020 g/mol. The number of nitrogens with one attached hydrogen (secondary N) is 1.